The molecule has 1 aromatic rings. The van der Waals surface area contributed by atoms with Crippen molar-refractivity contribution in [2.24, 2.45) is 5.92 Å². The Morgan fingerprint density at radius 2 is 1.86 bits per heavy atom. The van der Waals surface area contributed by atoms with Gasteiger partial charge in [-0.2, -0.15) is 0 Å². The first-order valence-corrected chi connectivity index (χ1v) is 10.8. The third kappa shape index (κ3) is 7.69. The molecule has 1 fully saturated rings. The average Bonchev–Trinajstić information content (AvgIpc) is 3.25. The van der Waals surface area contributed by atoms with E-state index >= 15 is 0 Å². The van der Waals surface area contributed by atoms with Crippen LogP contribution in [0, 0.1) is 5.92 Å². The fourth-order valence-corrected chi connectivity index (χ4v) is 3.68. The number of alkyl halides is 3. The lowest BCUT2D eigenvalue weighted by Crippen LogP contribution is -2.56. The molecule has 0 bridgehead atoms. The van der Waals surface area contributed by atoms with E-state index < -0.39 is 71.8 Å². The molecule has 10 nitrogen and oxygen atoms in total. The fraction of sp³-hybridized carbons (Fsp3) is 0.500. The first kappa shape index (κ1) is 27.6. The first-order valence-electron chi connectivity index (χ1n) is 10.8. The Bertz CT molecular complexity index is 968. The predicted octanol–water partition coefficient (Wildman–Crippen LogP) is 1.49. The van der Waals surface area contributed by atoms with Gasteiger partial charge in [0.15, 0.2) is 0 Å². The molecule has 3 amide bonds. The molecule has 1 unspecified atom stereocenters. The molecule has 35 heavy (non-hydrogen) atoms. The molecule has 192 valence electrons. The highest BCUT2D eigenvalue weighted by Crippen LogP contribution is 2.27. The number of hydrogen-bond donors (Lipinski definition) is 3. The zero-order valence-corrected chi connectivity index (χ0v) is 19.0. The number of likely N-dealkylation sites (tertiary alicyclic amines) is 1. The van der Waals surface area contributed by atoms with Crippen LogP contribution < -0.4 is 15.4 Å². The summed E-state index contributed by atoms with van der Waals surface area (Å²) in [4.78, 5) is 61.9. The third-order valence-corrected chi connectivity index (χ3v) is 5.30. The molecule has 1 aliphatic rings. The highest BCUT2D eigenvalue weighted by atomic mass is 19.4. The van der Waals surface area contributed by atoms with Gasteiger partial charge < -0.3 is 30.2 Å². The van der Waals surface area contributed by atoms with E-state index in [2.05, 4.69) is 15.4 Å². The predicted molar refractivity (Wildman–Crippen MR) is 114 cm³/mol. The summed E-state index contributed by atoms with van der Waals surface area (Å²) in [6.07, 6.45) is -4.68. The number of rotatable bonds is 10. The van der Waals surface area contributed by atoms with Gasteiger partial charge in [-0.15, -0.1) is 13.2 Å². The highest BCUT2D eigenvalue weighted by molar-refractivity contribution is 6.00. The quantitative estimate of drug-likeness (QED) is 0.413. The van der Waals surface area contributed by atoms with E-state index in [9.17, 15) is 37.1 Å². The Morgan fingerprint density at radius 1 is 1.20 bits per heavy atom. The SMILES string of the molecule is CC(C)[C@H](NC(=O)c1ccccc1OC(F)(F)F)C(=O)N1CCC[C@H]1C(=O)NC(C=O)CC(=O)O. The van der Waals surface area contributed by atoms with E-state index in [-0.39, 0.29) is 19.3 Å². The van der Waals surface area contributed by atoms with Crippen LogP contribution >= 0.6 is 0 Å². The second-order valence-electron chi connectivity index (χ2n) is 8.28. The van der Waals surface area contributed by atoms with Gasteiger partial charge in [0, 0.05) is 6.54 Å². The van der Waals surface area contributed by atoms with Crippen molar-refractivity contribution in [2.45, 2.75) is 57.6 Å². The van der Waals surface area contributed by atoms with Gasteiger partial charge in [0.05, 0.1) is 18.0 Å². The molecular weight excluding hydrogens is 475 g/mol. The number of carbonyl (C=O) groups excluding carboxylic acids is 4. The Hall–Kier alpha value is -3.64. The van der Waals surface area contributed by atoms with E-state index in [1.807, 2.05) is 0 Å². The number of aliphatic carboxylic acids is 1. The van der Waals surface area contributed by atoms with Crippen LogP contribution in [0.5, 0.6) is 5.75 Å². The van der Waals surface area contributed by atoms with Crippen molar-refractivity contribution in [1.82, 2.24) is 15.5 Å². The summed E-state index contributed by atoms with van der Waals surface area (Å²) in [5, 5.41) is 13.6. The van der Waals surface area contributed by atoms with Crippen molar-refractivity contribution >= 4 is 30.0 Å². The van der Waals surface area contributed by atoms with E-state index in [1.165, 1.54) is 17.0 Å². The van der Waals surface area contributed by atoms with Crippen molar-refractivity contribution in [2.75, 3.05) is 6.54 Å². The molecular formula is C22H26F3N3O7. The van der Waals surface area contributed by atoms with Crippen LogP contribution in [-0.2, 0) is 19.2 Å². The Balaban J connectivity index is 2.19. The van der Waals surface area contributed by atoms with Crippen LogP contribution in [0.1, 0.15) is 43.5 Å². The molecule has 3 N–H and O–H groups in total. The highest BCUT2D eigenvalue weighted by Gasteiger charge is 2.40. The van der Waals surface area contributed by atoms with Gasteiger partial charge in [0.2, 0.25) is 11.8 Å². The van der Waals surface area contributed by atoms with Crippen LogP contribution in [0.15, 0.2) is 24.3 Å². The summed E-state index contributed by atoms with van der Waals surface area (Å²) in [6, 6.07) is 1.22. The van der Waals surface area contributed by atoms with Crippen LogP contribution in [0.3, 0.4) is 0 Å². The number of carboxylic acid groups (broad SMARTS) is 1. The molecule has 13 heteroatoms. The average molecular weight is 501 g/mol. The monoisotopic (exact) mass is 501 g/mol. The maximum absolute atomic E-state index is 13.3. The molecule has 0 spiro atoms. The summed E-state index contributed by atoms with van der Waals surface area (Å²) >= 11 is 0. The standard InChI is InChI=1S/C22H26F3N3O7/c1-12(2)18(27-19(32)14-6-3-4-8-16(14)35-22(23,24)25)21(34)28-9-5-7-15(28)20(33)26-13(11-29)10-17(30)31/h3-4,6,8,11-13,15,18H,5,7,9-10H2,1-2H3,(H,26,33)(H,27,32)(H,30,31)/t13?,15-,18-/m0/s1. The number of carbonyl (C=O) groups is 5. The van der Waals surface area contributed by atoms with Crippen LogP contribution in [0.2, 0.25) is 0 Å². The van der Waals surface area contributed by atoms with Gasteiger partial charge in [-0.05, 0) is 30.9 Å². The smallest absolute Gasteiger partial charge is 0.481 e. The lowest BCUT2D eigenvalue weighted by atomic mass is 10.0. The lowest BCUT2D eigenvalue weighted by Gasteiger charge is -2.31. The number of nitrogens with zero attached hydrogens (tertiary/aromatic N) is 1. The normalized spacial score (nSPS) is 17.4. The van der Waals surface area contributed by atoms with Gasteiger partial charge in [-0.1, -0.05) is 26.0 Å². The minimum atomic E-state index is -5.03. The summed E-state index contributed by atoms with van der Waals surface area (Å²) in [5.41, 5.74) is -0.429. The van der Waals surface area contributed by atoms with Crippen molar-refractivity contribution in [1.29, 1.82) is 0 Å². The third-order valence-electron chi connectivity index (χ3n) is 5.30. The minimum absolute atomic E-state index is 0.161. The molecule has 0 aromatic heterocycles. The zero-order chi connectivity index (χ0) is 26.3. The van der Waals surface area contributed by atoms with Gasteiger partial charge in [0.1, 0.15) is 24.1 Å². The fourth-order valence-electron chi connectivity index (χ4n) is 3.68. The second kappa shape index (κ2) is 11.7. The van der Waals surface area contributed by atoms with Crippen molar-refractivity contribution in [3.05, 3.63) is 29.8 Å². The van der Waals surface area contributed by atoms with Gasteiger partial charge >= 0.3 is 12.3 Å². The Labute approximate surface area is 198 Å². The molecule has 0 radical (unpaired) electrons. The second-order valence-corrected chi connectivity index (χ2v) is 8.28. The topological polar surface area (TPSA) is 142 Å². The number of halogens is 3. The molecule has 1 aromatic carbocycles. The molecule has 1 saturated heterocycles. The van der Waals surface area contributed by atoms with E-state index in [0.29, 0.717) is 6.42 Å². The minimum Gasteiger partial charge on any atom is -0.481 e. The van der Waals surface area contributed by atoms with Gasteiger partial charge in [0.25, 0.3) is 5.91 Å². The summed E-state index contributed by atoms with van der Waals surface area (Å²) < 4.78 is 42.0. The number of para-hydroxylation sites is 1. The number of carboxylic acids is 1. The van der Waals surface area contributed by atoms with Gasteiger partial charge in [-0.3, -0.25) is 19.2 Å². The van der Waals surface area contributed by atoms with Crippen molar-refractivity contribution in [3.63, 3.8) is 0 Å². The van der Waals surface area contributed by atoms with Crippen LogP contribution in [0.4, 0.5) is 13.2 Å². The zero-order valence-electron chi connectivity index (χ0n) is 19.0. The molecule has 1 aliphatic heterocycles. The number of nitrogens with one attached hydrogen (secondary N) is 2. The molecule has 3 atom stereocenters. The van der Waals surface area contributed by atoms with Crippen LogP contribution in [0.25, 0.3) is 0 Å². The maximum Gasteiger partial charge on any atom is 0.573 e. The van der Waals surface area contributed by atoms with E-state index in [4.69, 9.17) is 5.11 Å². The summed E-state index contributed by atoms with van der Waals surface area (Å²) in [7, 11) is 0. The lowest BCUT2D eigenvalue weighted by molar-refractivity contribution is -0.274. The van der Waals surface area contributed by atoms with Crippen molar-refractivity contribution < 1.29 is 47.0 Å². The van der Waals surface area contributed by atoms with E-state index in [0.717, 1.165) is 12.1 Å². The number of ether oxygens (including phenoxy) is 1. The molecule has 2 rings (SSSR count). The summed E-state index contributed by atoms with van der Waals surface area (Å²) in [6.45, 7) is 3.39. The number of hydrogen-bond acceptors (Lipinski definition) is 6. The first-order chi connectivity index (χ1) is 16.3. The molecule has 0 saturated carbocycles. The van der Waals surface area contributed by atoms with Gasteiger partial charge in [-0.25, -0.2) is 0 Å². The molecule has 1 heterocycles. The largest absolute Gasteiger partial charge is 0.573 e. The Kier molecular flexibility index (Phi) is 9.20. The number of aldehydes is 1. The Morgan fingerprint density at radius 3 is 2.43 bits per heavy atom. The van der Waals surface area contributed by atoms with Crippen LogP contribution in [-0.4, -0.2) is 71.0 Å². The molecule has 0 aliphatic carbocycles. The number of amides is 3. The number of benzene rings is 1. The van der Waals surface area contributed by atoms with Crippen molar-refractivity contribution in [3.8, 4) is 5.75 Å². The maximum atomic E-state index is 13.3. The van der Waals surface area contributed by atoms with E-state index in [1.54, 1.807) is 13.8 Å². The summed E-state index contributed by atoms with van der Waals surface area (Å²) in [5.74, 6) is -4.85.